The maximum Gasteiger partial charge on any atom is 0.145 e. The molecule has 1 heteroatoms. The Balaban J connectivity index is 2.72. The summed E-state index contributed by atoms with van der Waals surface area (Å²) in [6.45, 7) is 9.42. The van der Waals surface area contributed by atoms with Gasteiger partial charge in [0.25, 0.3) is 0 Å². The average Bonchev–Trinajstić information content (AvgIpc) is 2.17. The van der Waals surface area contributed by atoms with Gasteiger partial charge in [0.1, 0.15) is 12.4 Å². The Morgan fingerprint density at radius 3 is 1.73 bits per heavy atom. The maximum absolute atomic E-state index is 2.35. The number of hydrogen-bond donors (Lipinski definition) is 0. The quantitative estimate of drug-likeness (QED) is 0.556. The Morgan fingerprint density at radius 2 is 1.33 bits per heavy atom. The molecule has 0 unspecified atom stereocenters. The smallest absolute Gasteiger partial charge is 0.0620 e. The first-order valence-corrected chi connectivity index (χ1v) is 9.89. The topological polar surface area (TPSA) is 0 Å². The van der Waals surface area contributed by atoms with Gasteiger partial charge < -0.3 is 0 Å². The summed E-state index contributed by atoms with van der Waals surface area (Å²) in [4.78, 5) is 0. The zero-order chi connectivity index (χ0) is 11.3. The lowest BCUT2D eigenvalue weighted by molar-refractivity contribution is -0.884. The fraction of sp³-hybridized carbons (Fsp3) is 0.571. The van der Waals surface area contributed by atoms with Crippen LogP contribution in [0.5, 0.6) is 0 Å². The van der Waals surface area contributed by atoms with Gasteiger partial charge in [0.05, 0.1) is 19.8 Å². The molecule has 0 nitrogen and oxygen atoms in total. The highest BCUT2D eigenvalue weighted by Gasteiger charge is 2.25. The number of alkyl halides is 2. The molecule has 0 saturated carbocycles. The minimum absolute atomic E-state index is 0.856. The molecule has 0 saturated heterocycles. The van der Waals surface area contributed by atoms with Crippen molar-refractivity contribution in [1.82, 2.24) is 0 Å². The summed E-state index contributed by atoms with van der Waals surface area (Å²) in [6, 6.07) is 11.2. The van der Waals surface area contributed by atoms with Gasteiger partial charge in [-0.25, -0.2) is 0 Å². The van der Waals surface area contributed by atoms with Crippen LogP contribution in [0.3, 0.4) is 0 Å². The Bertz CT molecular complexity index is 254. The highest BCUT2D eigenvalue weighted by Crippen LogP contribution is 1.88. The van der Waals surface area contributed by atoms with E-state index in [9.17, 15) is 0 Å². The van der Waals surface area contributed by atoms with E-state index in [-0.39, 0.29) is 0 Å². The van der Waals surface area contributed by atoms with Crippen LogP contribution in [-0.2, 0) is 0 Å². The lowest BCUT2D eigenvalue weighted by Crippen LogP contribution is -3.87. The van der Waals surface area contributed by atoms with Gasteiger partial charge in [-0.15, -0.1) is 0 Å². The summed E-state index contributed by atoms with van der Waals surface area (Å²) in [5.41, 5.74) is 0. The predicted molar refractivity (Wildman–Crippen MR) is 64.5 cm³/mol. The molecular formula is C14H23I+. The Kier molecular flexibility index (Phi) is 5.65. The molecule has 0 spiro atoms. The average molecular weight is 318 g/mol. The molecular weight excluding hydrogens is 295 g/mol. The van der Waals surface area contributed by atoms with Crippen LogP contribution in [0.4, 0.5) is 0 Å². The predicted octanol–water partition coefficient (Wildman–Crippen LogP) is 0.793. The molecule has 0 bridgehead atoms. The number of benzene rings is 1. The highest BCUT2D eigenvalue weighted by molar-refractivity contribution is 4.99. The van der Waals surface area contributed by atoms with Crippen molar-refractivity contribution in [2.24, 2.45) is 11.8 Å². The van der Waals surface area contributed by atoms with Crippen molar-refractivity contribution >= 4 is 0 Å². The zero-order valence-electron chi connectivity index (χ0n) is 10.3. The molecule has 1 aromatic carbocycles. The Hall–Kier alpha value is -0.0500. The molecule has 0 N–H and O–H groups in total. The van der Waals surface area contributed by atoms with Crippen LogP contribution in [0.1, 0.15) is 27.7 Å². The SMILES string of the molecule is CC(C)C[I+](CC(C)C)c1ccccc1. The Labute approximate surface area is 102 Å². The lowest BCUT2D eigenvalue weighted by Gasteiger charge is -2.11. The summed E-state index contributed by atoms with van der Waals surface area (Å²) < 4.78 is 4.60. The summed E-state index contributed by atoms with van der Waals surface area (Å²) >= 11 is -0.893. The van der Waals surface area contributed by atoms with E-state index in [2.05, 4.69) is 58.0 Å². The van der Waals surface area contributed by atoms with Crippen molar-refractivity contribution in [3.63, 3.8) is 0 Å². The molecule has 0 atom stereocenters. The molecule has 0 amide bonds. The van der Waals surface area contributed by atoms with E-state index in [0.717, 1.165) is 11.8 Å². The van der Waals surface area contributed by atoms with Crippen LogP contribution < -0.4 is 19.8 Å². The van der Waals surface area contributed by atoms with E-state index in [1.807, 2.05) is 0 Å². The number of rotatable bonds is 5. The van der Waals surface area contributed by atoms with Gasteiger partial charge in [-0.2, -0.15) is 0 Å². The van der Waals surface area contributed by atoms with Gasteiger partial charge in [-0.1, -0.05) is 45.9 Å². The molecule has 1 rings (SSSR count). The summed E-state index contributed by atoms with van der Waals surface area (Å²) in [7, 11) is 0. The van der Waals surface area contributed by atoms with E-state index in [0.29, 0.717) is 0 Å². The first-order valence-electron chi connectivity index (χ1n) is 5.76. The molecule has 0 aliphatic heterocycles. The van der Waals surface area contributed by atoms with Crippen LogP contribution in [0.2, 0.25) is 0 Å². The van der Waals surface area contributed by atoms with Gasteiger partial charge in [0, 0.05) is 0 Å². The second-order valence-electron chi connectivity index (χ2n) is 4.85. The van der Waals surface area contributed by atoms with Gasteiger partial charge in [-0.3, -0.25) is 0 Å². The zero-order valence-corrected chi connectivity index (χ0v) is 12.5. The second-order valence-corrected chi connectivity index (χ2v) is 10.5. The third-order valence-corrected chi connectivity index (χ3v) is 10.2. The summed E-state index contributed by atoms with van der Waals surface area (Å²) in [6.07, 6.45) is 0. The van der Waals surface area contributed by atoms with Gasteiger partial charge in [0.15, 0.2) is 0 Å². The lowest BCUT2D eigenvalue weighted by atomic mass is 10.3. The van der Waals surface area contributed by atoms with Crippen LogP contribution in [0.15, 0.2) is 30.3 Å². The van der Waals surface area contributed by atoms with E-state index >= 15 is 0 Å². The van der Waals surface area contributed by atoms with Crippen molar-refractivity contribution in [2.45, 2.75) is 27.7 Å². The van der Waals surface area contributed by atoms with Crippen molar-refractivity contribution in [1.29, 1.82) is 0 Å². The van der Waals surface area contributed by atoms with E-state index in [1.165, 1.54) is 8.86 Å². The normalized spacial score (nSPS) is 11.7. The summed E-state index contributed by atoms with van der Waals surface area (Å²) in [5, 5.41) is 0. The number of halogens is 1. The van der Waals surface area contributed by atoms with E-state index in [4.69, 9.17) is 0 Å². The molecule has 0 aliphatic rings. The highest BCUT2D eigenvalue weighted by atomic mass is 127. The minimum Gasteiger partial charge on any atom is -0.0620 e. The molecule has 1 aromatic rings. The van der Waals surface area contributed by atoms with Crippen LogP contribution in [-0.4, -0.2) is 8.86 Å². The van der Waals surface area contributed by atoms with Gasteiger partial charge in [0.2, 0.25) is 0 Å². The van der Waals surface area contributed by atoms with Crippen molar-refractivity contribution in [3.05, 3.63) is 33.9 Å². The molecule has 0 aromatic heterocycles. The third kappa shape index (κ3) is 5.01. The molecule has 1 radical (unpaired) electrons. The fourth-order valence-electron chi connectivity index (χ4n) is 1.58. The fourth-order valence-corrected chi connectivity index (χ4v) is 8.64. The largest absolute Gasteiger partial charge is 0.145 e. The van der Waals surface area contributed by atoms with E-state index in [1.54, 1.807) is 3.57 Å². The van der Waals surface area contributed by atoms with Gasteiger partial charge in [-0.05, 0) is 24.0 Å². The molecule has 0 aliphatic carbocycles. The second kappa shape index (κ2) is 6.51. The van der Waals surface area contributed by atoms with Crippen molar-refractivity contribution < 1.29 is 19.8 Å². The molecule has 85 valence electrons. The third-order valence-electron chi connectivity index (χ3n) is 2.03. The molecule has 0 fully saturated rings. The van der Waals surface area contributed by atoms with Crippen molar-refractivity contribution in [3.8, 4) is 0 Å². The van der Waals surface area contributed by atoms with Crippen LogP contribution >= 0.6 is 0 Å². The monoisotopic (exact) mass is 318 g/mol. The number of hydrogen-bond acceptors (Lipinski definition) is 0. The Morgan fingerprint density at radius 1 is 0.867 bits per heavy atom. The standard InChI is InChI=1S/C14H23I/c1-12(2)10-15(11-13(3)4)14-8-6-5-7-9-14/h5-9,12-13H,10-11H2,1-4H3/q+1. The van der Waals surface area contributed by atoms with Crippen LogP contribution in [0, 0.1) is 15.4 Å². The van der Waals surface area contributed by atoms with Crippen molar-refractivity contribution in [2.75, 3.05) is 8.86 Å². The summed E-state index contributed by atoms with van der Waals surface area (Å²) in [5.74, 6) is 1.71. The van der Waals surface area contributed by atoms with Gasteiger partial charge >= 0.3 is 0 Å². The first kappa shape index (κ1) is 13.0. The molecule has 0 heterocycles. The van der Waals surface area contributed by atoms with E-state index < -0.39 is 19.8 Å². The first-order chi connectivity index (χ1) is 7.09. The molecule has 15 heavy (non-hydrogen) atoms. The van der Waals surface area contributed by atoms with Crippen LogP contribution in [0.25, 0.3) is 0 Å². The maximum atomic E-state index is 2.35. The minimum atomic E-state index is -0.893.